The maximum atomic E-state index is 12.9. The van der Waals surface area contributed by atoms with Crippen molar-refractivity contribution >= 4 is 35.5 Å². The Morgan fingerprint density at radius 3 is 2.57 bits per heavy atom. The summed E-state index contributed by atoms with van der Waals surface area (Å²) < 4.78 is 5.32. The molecule has 1 rings (SSSR count). The van der Waals surface area contributed by atoms with Crippen LogP contribution in [-0.4, -0.2) is 64.2 Å². The van der Waals surface area contributed by atoms with Crippen LogP contribution in [0.25, 0.3) is 5.53 Å². The lowest BCUT2D eigenvalue weighted by Crippen LogP contribution is -2.41. The molecule has 0 aromatic carbocycles. The van der Waals surface area contributed by atoms with Crippen molar-refractivity contribution in [2.24, 2.45) is 5.92 Å². The molecule has 1 amide bonds. The summed E-state index contributed by atoms with van der Waals surface area (Å²) in [5.41, 5.74) is 8.76. The normalized spacial score (nSPS) is 11.7. The van der Waals surface area contributed by atoms with E-state index >= 15 is 0 Å². The predicted molar refractivity (Wildman–Crippen MR) is 141 cm³/mol. The van der Waals surface area contributed by atoms with Gasteiger partial charge >= 0.3 is 12.0 Å². The van der Waals surface area contributed by atoms with Crippen LogP contribution in [-0.2, 0) is 9.53 Å². The Morgan fingerprint density at radius 2 is 1.89 bits per heavy atom. The minimum absolute atomic E-state index is 0.0707. The fourth-order valence-electron chi connectivity index (χ4n) is 3.39. The molecule has 0 fully saturated rings. The van der Waals surface area contributed by atoms with E-state index in [4.69, 9.17) is 10.3 Å². The van der Waals surface area contributed by atoms with Crippen molar-refractivity contribution in [3.8, 4) is 0 Å². The highest BCUT2D eigenvalue weighted by molar-refractivity contribution is 7.99. The van der Waals surface area contributed by atoms with Crippen LogP contribution in [0.5, 0.6) is 0 Å². The molecule has 196 valence electrons. The van der Waals surface area contributed by atoms with Crippen molar-refractivity contribution in [1.82, 2.24) is 15.3 Å². The van der Waals surface area contributed by atoms with E-state index in [0.717, 1.165) is 31.2 Å². The number of thioether (sulfide) groups is 1. The summed E-state index contributed by atoms with van der Waals surface area (Å²) in [5.74, 6) is 0.750. The first-order valence-electron chi connectivity index (χ1n) is 12.8. The average molecular weight is 507 g/mol. The quantitative estimate of drug-likeness (QED) is 0.0495. The Hall–Kier alpha value is -2.29. The van der Waals surface area contributed by atoms with Gasteiger partial charge in [-0.15, -0.1) is 11.8 Å². The Balaban J connectivity index is 2.90. The van der Waals surface area contributed by atoms with Gasteiger partial charge in [0.1, 0.15) is 16.9 Å². The van der Waals surface area contributed by atoms with Crippen molar-refractivity contribution in [2.45, 2.75) is 90.1 Å². The number of nitrogens with zero attached hydrogens (tertiary/aromatic N) is 4. The zero-order valence-electron chi connectivity index (χ0n) is 21.7. The van der Waals surface area contributed by atoms with E-state index in [0.29, 0.717) is 37.0 Å². The number of nitrogens with one attached hydrogen (secondary N) is 2. The molecule has 1 unspecified atom stereocenters. The van der Waals surface area contributed by atoms with E-state index in [9.17, 15) is 9.59 Å². The number of amides is 1. The van der Waals surface area contributed by atoms with Gasteiger partial charge in [-0.25, -0.2) is 9.97 Å². The number of unbranched alkanes of at least 4 members (excludes halogenated alkanes) is 5. The molecular formula is C25H42N6O3S. The second-order valence-corrected chi connectivity index (χ2v) is 9.92. The maximum absolute atomic E-state index is 12.9. The van der Waals surface area contributed by atoms with E-state index in [1.165, 1.54) is 25.7 Å². The van der Waals surface area contributed by atoms with Crippen LogP contribution in [0, 0.1) is 5.92 Å². The van der Waals surface area contributed by atoms with Crippen LogP contribution >= 0.6 is 11.8 Å². The van der Waals surface area contributed by atoms with Gasteiger partial charge in [-0.2, -0.15) is 4.79 Å². The van der Waals surface area contributed by atoms with E-state index < -0.39 is 11.8 Å². The van der Waals surface area contributed by atoms with Crippen LogP contribution in [0.1, 0.15) is 89.7 Å². The first kappa shape index (κ1) is 30.7. The molecule has 0 bridgehead atoms. The monoisotopic (exact) mass is 506 g/mol. The van der Waals surface area contributed by atoms with Gasteiger partial charge in [0.25, 0.3) is 0 Å². The van der Waals surface area contributed by atoms with Crippen LogP contribution in [0.15, 0.2) is 11.1 Å². The predicted octanol–water partition coefficient (Wildman–Crippen LogP) is 4.78. The number of Topliss-reactive ketones (excluding diaryl/α,β-unsaturated/α-hetero) is 1. The topological polar surface area (TPSA) is 130 Å². The number of carbonyl (C=O) groups is 2. The molecule has 0 spiro atoms. The third-order valence-electron chi connectivity index (χ3n) is 5.16. The van der Waals surface area contributed by atoms with Crippen LogP contribution in [0.2, 0.25) is 0 Å². The number of ketones is 1. The lowest BCUT2D eigenvalue weighted by molar-refractivity contribution is -0.122. The van der Waals surface area contributed by atoms with Crippen molar-refractivity contribution < 1.29 is 19.1 Å². The smallest absolute Gasteiger partial charge is 0.331 e. The van der Waals surface area contributed by atoms with Gasteiger partial charge in [0, 0.05) is 25.8 Å². The number of carbonyl (C=O) groups excluding carboxylic acids is 2. The minimum atomic E-state index is -0.599. The molecule has 1 aromatic rings. The minimum Gasteiger partial charge on any atom is -0.382 e. The molecule has 35 heavy (non-hydrogen) atoms. The molecule has 9 nitrogen and oxygen atoms in total. The molecule has 0 saturated carbocycles. The Bertz CT molecular complexity index is 814. The first-order chi connectivity index (χ1) is 16.9. The Kier molecular flexibility index (Phi) is 16.7. The van der Waals surface area contributed by atoms with Gasteiger partial charge in [-0.3, -0.25) is 9.59 Å². The molecule has 1 atom stereocenters. The zero-order chi connectivity index (χ0) is 25.9. The van der Waals surface area contributed by atoms with Gasteiger partial charge in [0.05, 0.1) is 0 Å². The lowest BCUT2D eigenvalue weighted by atomic mass is 10.0. The van der Waals surface area contributed by atoms with E-state index in [2.05, 4.69) is 32.3 Å². The number of aromatic nitrogens is 2. The second-order valence-electron chi connectivity index (χ2n) is 8.81. The van der Waals surface area contributed by atoms with Crippen LogP contribution in [0.4, 0.5) is 5.82 Å². The fourth-order valence-corrected chi connectivity index (χ4v) is 4.29. The van der Waals surface area contributed by atoms with E-state index in [1.54, 1.807) is 17.8 Å². The summed E-state index contributed by atoms with van der Waals surface area (Å²) >= 11 is 1.55. The summed E-state index contributed by atoms with van der Waals surface area (Å²) in [6.07, 6.45) is 9.30. The molecule has 10 heteroatoms. The molecule has 1 aromatic heterocycles. The molecule has 0 radical (unpaired) electrons. The van der Waals surface area contributed by atoms with E-state index in [-0.39, 0.29) is 17.6 Å². The number of rotatable bonds is 20. The van der Waals surface area contributed by atoms with Crippen LogP contribution in [0.3, 0.4) is 0 Å². The van der Waals surface area contributed by atoms with Crippen molar-refractivity contribution in [3.05, 3.63) is 17.4 Å². The molecule has 0 saturated heterocycles. The number of hydrogen-bond donors (Lipinski definition) is 2. The molecule has 0 aliphatic heterocycles. The van der Waals surface area contributed by atoms with Gasteiger partial charge in [0.15, 0.2) is 0 Å². The molecule has 0 aliphatic rings. The van der Waals surface area contributed by atoms with Gasteiger partial charge < -0.3 is 20.9 Å². The van der Waals surface area contributed by atoms with Crippen molar-refractivity contribution in [3.63, 3.8) is 0 Å². The summed E-state index contributed by atoms with van der Waals surface area (Å²) in [7, 11) is 0. The average Bonchev–Trinajstić information content (AvgIpc) is 2.82. The van der Waals surface area contributed by atoms with E-state index in [1.807, 2.05) is 20.8 Å². The van der Waals surface area contributed by atoms with Crippen molar-refractivity contribution in [1.29, 1.82) is 0 Å². The summed E-state index contributed by atoms with van der Waals surface area (Å²) in [6, 6.07) is 1.26. The molecule has 1 heterocycles. The summed E-state index contributed by atoms with van der Waals surface area (Å²) in [4.78, 5) is 36.6. The highest BCUT2D eigenvalue weighted by atomic mass is 32.2. The highest BCUT2D eigenvalue weighted by Gasteiger charge is 2.22. The lowest BCUT2D eigenvalue weighted by Gasteiger charge is -2.21. The Morgan fingerprint density at radius 1 is 1.14 bits per heavy atom. The SMILES string of the molecule is CCCCCCCCSc1cc(NC(CC(C)C)C(=O)NCCCOCC)nc(C(=O)C=[N+]=[N-])n1. The van der Waals surface area contributed by atoms with Crippen molar-refractivity contribution in [2.75, 3.05) is 30.8 Å². The van der Waals surface area contributed by atoms with Gasteiger partial charge in [-0.1, -0.05) is 52.9 Å². The summed E-state index contributed by atoms with van der Waals surface area (Å²) in [6.45, 7) is 10.0. The highest BCUT2D eigenvalue weighted by Crippen LogP contribution is 2.22. The molecule has 2 N–H and O–H groups in total. The first-order valence-corrected chi connectivity index (χ1v) is 13.7. The standard InChI is InChI=1S/C25H42N6O3S/c1-5-7-8-9-10-11-15-35-23-17-22(30-24(31-23)21(32)18-28-26)29-20(16-19(3)4)25(33)27-13-12-14-34-6-2/h17-20H,5-16H2,1-4H3,(H,27,33)(H,29,30,31). The second kappa shape index (κ2) is 19.0. The van der Waals surface area contributed by atoms with Crippen LogP contribution < -0.4 is 10.6 Å². The molecular weight excluding hydrogens is 464 g/mol. The largest absolute Gasteiger partial charge is 0.382 e. The van der Waals surface area contributed by atoms with Gasteiger partial charge in [0.2, 0.25) is 11.7 Å². The fraction of sp³-hybridized carbons (Fsp3) is 0.720. The zero-order valence-corrected chi connectivity index (χ0v) is 22.5. The third kappa shape index (κ3) is 14.0. The summed E-state index contributed by atoms with van der Waals surface area (Å²) in [5, 5.41) is 6.79. The third-order valence-corrected chi connectivity index (χ3v) is 6.16. The Labute approximate surface area is 214 Å². The number of hydrogen-bond acceptors (Lipinski definition) is 7. The molecule has 0 aliphatic carbocycles. The van der Waals surface area contributed by atoms with Gasteiger partial charge in [-0.05, 0) is 37.9 Å². The number of anilines is 1. The maximum Gasteiger partial charge on any atom is 0.331 e. The number of ether oxygens (including phenoxy) is 1.